The molecule has 126 valence electrons. The number of hydrogen-bond acceptors (Lipinski definition) is 6. The maximum Gasteiger partial charge on any atom is 0.236 e. The Morgan fingerprint density at radius 1 is 1.04 bits per heavy atom. The molecule has 0 radical (unpaired) electrons. The van der Waals surface area contributed by atoms with E-state index >= 15 is 0 Å². The van der Waals surface area contributed by atoms with Gasteiger partial charge in [0.25, 0.3) is 0 Å². The average Bonchev–Trinajstić information content (AvgIpc) is 2.55. The molecule has 7 nitrogen and oxygen atoms in total. The maximum atomic E-state index is 12.3. The number of piperazine rings is 1. The number of amides is 1. The van der Waals surface area contributed by atoms with Gasteiger partial charge in [0.2, 0.25) is 11.9 Å². The summed E-state index contributed by atoms with van der Waals surface area (Å²) in [5.74, 6) is 1.02. The first kappa shape index (κ1) is 16.1. The Morgan fingerprint density at radius 3 is 2.26 bits per heavy atom. The van der Waals surface area contributed by atoms with Gasteiger partial charge >= 0.3 is 0 Å². The van der Waals surface area contributed by atoms with Gasteiger partial charge < -0.3 is 14.5 Å². The van der Waals surface area contributed by atoms with Crippen LogP contribution in [0.4, 0.5) is 5.95 Å². The lowest BCUT2D eigenvalue weighted by Gasteiger charge is -2.36. The predicted octanol–water partition coefficient (Wildman–Crippen LogP) is 0.0742. The second-order valence-corrected chi connectivity index (χ2v) is 6.21. The van der Waals surface area contributed by atoms with Gasteiger partial charge in [-0.15, -0.1) is 0 Å². The molecule has 2 saturated heterocycles. The Morgan fingerprint density at radius 2 is 1.65 bits per heavy atom. The molecule has 0 saturated carbocycles. The fourth-order valence-corrected chi connectivity index (χ4v) is 3.06. The van der Waals surface area contributed by atoms with E-state index in [0.717, 1.165) is 56.6 Å². The molecule has 0 aromatic carbocycles. The fourth-order valence-electron chi connectivity index (χ4n) is 3.06. The zero-order valence-electron chi connectivity index (χ0n) is 14.0. The smallest absolute Gasteiger partial charge is 0.236 e. The van der Waals surface area contributed by atoms with Gasteiger partial charge in [-0.25, -0.2) is 9.97 Å². The first-order valence-corrected chi connectivity index (χ1v) is 8.27. The maximum absolute atomic E-state index is 12.3. The number of ether oxygens (including phenoxy) is 1. The summed E-state index contributed by atoms with van der Waals surface area (Å²) in [4.78, 5) is 27.7. The van der Waals surface area contributed by atoms with Crippen LogP contribution in [0.1, 0.15) is 11.4 Å². The lowest BCUT2D eigenvalue weighted by atomic mass is 10.3. The largest absolute Gasteiger partial charge is 0.378 e. The van der Waals surface area contributed by atoms with Crippen molar-refractivity contribution in [2.45, 2.75) is 13.8 Å². The molecule has 1 amide bonds. The minimum absolute atomic E-state index is 0.212. The summed E-state index contributed by atoms with van der Waals surface area (Å²) in [5, 5.41) is 0. The van der Waals surface area contributed by atoms with Crippen molar-refractivity contribution < 1.29 is 9.53 Å². The van der Waals surface area contributed by atoms with E-state index in [4.69, 9.17) is 4.74 Å². The molecular weight excluding hydrogens is 294 g/mol. The van der Waals surface area contributed by atoms with Gasteiger partial charge in [-0.1, -0.05) is 0 Å². The predicted molar refractivity (Wildman–Crippen MR) is 87.6 cm³/mol. The van der Waals surface area contributed by atoms with Crippen LogP contribution in [0, 0.1) is 13.8 Å². The molecule has 7 heteroatoms. The standard InChI is InChI=1S/C16H25N5O2/c1-13-11-14(2)18-16(17-13)21-5-3-19(4-6-21)12-15(22)20-7-9-23-10-8-20/h11H,3-10,12H2,1-2H3. The zero-order valence-corrected chi connectivity index (χ0v) is 14.0. The Kier molecular flexibility index (Phi) is 5.07. The highest BCUT2D eigenvalue weighted by molar-refractivity contribution is 5.78. The third-order valence-electron chi connectivity index (χ3n) is 4.35. The number of aryl methyl sites for hydroxylation is 2. The van der Waals surface area contributed by atoms with Crippen molar-refractivity contribution >= 4 is 11.9 Å². The highest BCUT2D eigenvalue weighted by Crippen LogP contribution is 2.13. The molecule has 0 unspecified atom stereocenters. The van der Waals surface area contributed by atoms with E-state index < -0.39 is 0 Å². The van der Waals surface area contributed by atoms with Crippen molar-refractivity contribution in [3.8, 4) is 0 Å². The lowest BCUT2D eigenvalue weighted by Crippen LogP contribution is -2.52. The first-order valence-electron chi connectivity index (χ1n) is 8.27. The van der Waals surface area contributed by atoms with Crippen LogP contribution in [0.15, 0.2) is 6.07 Å². The molecule has 0 bridgehead atoms. The fraction of sp³-hybridized carbons (Fsp3) is 0.688. The van der Waals surface area contributed by atoms with Gasteiger partial charge in [0.15, 0.2) is 0 Å². The molecular formula is C16H25N5O2. The molecule has 1 aromatic heterocycles. The molecule has 0 atom stereocenters. The number of anilines is 1. The summed E-state index contributed by atoms with van der Waals surface area (Å²) in [6.07, 6.45) is 0. The minimum atomic E-state index is 0.212. The van der Waals surface area contributed by atoms with Crippen LogP contribution in [0.3, 0.4) is 0 Å². The summed E-state index contributed by atoms with van der Waals surface area (Å²) in [5.41, 5.74) is 2.00. The van der Waals surface area contributed by atoms with Gasteiger partial charge in [0.05, 0.1) is 19.8 Å². The second kappa shape index (κ2) is 7.23. The van der Waals surface area contributed by atoms with E-state index in [-0.39, 0.29) is 5.91 Å². The first-order chi connectivity index (χ1) is 11.1. The zero-order chi connectivity index (χ0) is 16.2. The third-order valence-corrected chi connectivity index (χ3v) is 4.35. The molecule has 0 N–H and O–H groups in total. The van der Waals surface area contributed by atoms with Gasteiger partial charge in [-0.05, 0) is 19.9 Å². The van der Waals surface area contributed by atoms with Crippen LogP contribution in [0.25, 0.3) is 0 Å². The number of carbonyl (C=O) groups excluding carboxylic acids is 1. The summed E-state index contributed by atoms with van der Waals surface area (Å²) < 4.78 is 5.29. The minimum Gasteiger partial charge on any atom is -0.378 e. The molecule has 1 aromatic rings. The molecule has 0 spiro atoms. The Labute approximate surface area is 137 Å². The van der Waals surface area contributed by atoms with Crippen molar-refractivity contribution in [2.24, 2.45) is 0 Å². The number of hydrogen-bond donors (Lipinski definition) is 0. The molecule has 3 rings (SSSR count). The normalized spacial score (nSPS) is 19.9. The highest BCUT2D eigenvalue weighted by Gasteiger charge is 2.24. The van der Waals surface area contributed by atoms with Crippen molar-refractivity contribution in [1.29, 1.82) is 0 Å². The van der Waals surface area contributed by atoms with E-state index in [0.29, 0.717) is 19.8 Å². The number of rotatable bonds is 3. The van der Waals surface area contributed by atoms with Crippen LogP contribution in [-0.4, -0.2) is 84.7 Å². The van der Waals surface area contributed by atoms with E-state index in [9.17, 15) is 4.79 Å². The Hall–Kier alpha value is -1.73. The van der Waals surface area contributed by atoms with E-state index in [2.05, 4.69) is 19.8 Å². The number of nitrogens with zero attached hydrogens (tertiary/aromatic N) is 5. The molecule has 2 aliphatic heterocycles. The summed E-state index contributed by atoms with van der Waals surface area (Å²) >= 11 is 0. The lowest BCUT2D eigenvalue weighted by molar-refractivity contribution is -0.136. The van der Waals surface area contributed by atoms with Gasteiger partial charge in [-0.3, -0.25) is 9.69 Å². The van der Waals surface area contributed by atoms with Crippen LogP contribution in [0.2, 0.25) is 0 Å². The molecule has 23 heavy (non-hydrogen) atoms. The van der Waals surface area contributed by atoms with Gasteiger partial charge in [-0.2, -0.15) is 0 Å². The van der Waals surface area contributed by atoms with Crippen LogP contribution in [0.5, 0.6) is 0 Å². The average molecular weight is 319 g/mol. The van der Waals surface area contributed by atoms with Crippen molar-refractivity contribution in [3.05, 3.63) is 17.5 Å². The number of morpholine rings is 1. The Balaban J connectivity index is 1.51. The number of aromatic nitrogens is 2. The van der Waals surface area contributed by atoms with Crippen LogP contribution in [-0.2, 0) is 9.53 Å². The van der Waals surface area contributed by atoms with E-state index in [1.807, 2.05) is 24.8 Å². The van der Waals surface area contributed by atoms with Crippen molar-refractivity contribution in [3.63, 3.8) is 0 Å². The summed E-state index contributed by atoms with van der Waals surface area (Å²) in [6.45, 7) is 10.7. The molecule has 2 fully saturated rings. The topological polar surface area (TPSA) is 61.8 Å². The Bertz CT molecular complexity index is 531. The monoisotopic (exact) mass is 319 g/mol. The van der Waals surface area contributed by atoms with E-state index in [1.165, 1.54) is 0 Å². The van der Waals surface area contributed by atoms with Crippen molar-refractivity contribution in [1.82, 2.24) is 19.8 Å². The molecule has 0 aliphatic carbocycles. The SMILES string of the molecule is Cc1cc(C)nc(N2CCN(CC(=O)N3CCOCC3)CC2)n1. The van der Waals surface area contributed by atoms with Crippen LogP contribution >= 0.6 is 0 Å². The van der Waals surface area contributed by atoms with Crippen LogP contribution < -0.4 is 4.90 Å². The van der Waals surface area contributed by atoms with E-state index in [1.54, 1.807) is 0 Å². The quantitative estimate of drug-likeness (QED) is 0.786. The second-order valence-electron chi connectivity index (χ2n) is 6.21. The summed E-state index contributed by atoms with van der Waals surface area (Å²) in [7, 11) is 0. The highest BCUT2D eigenvalue weighted by atomic mass is 16.5. The van der Waals surface area contributed by atoms with Gasteiger partial charge in [0.1, 0.15) is 0 Å². The number of carbonyl (C=O) groups is 1. The summed E-state index contributed by atoms with van der Waals surface area (Å²) in [6, 6.07) is 1.99. The molecule has 3 heterocycles. The van der Waals surface area contributed by atoms with Crippen molar-refractivity contribution in [2.75, 3.05) is 63.9 Å². The van der Waals surface area contributed by atoms with Gasteiger partial charge in [0, 0.05) is 50.7 Å². The third kappa shape index (κ3) is 4.17. The molecule has 2 aliphatic rings.